The summed E-state index contributed by atoms with van der Waals surface area (Å²) in [7, 11) is 0. The van der Waals surface area contributed by atoms with Gasteiger partial charge in [0.15, 0.2) is 0 Å². The molecule has 2 rings (SSSR count). The molecule has 0 spiro atoms. The fourth-order valence-electron chi connectivity index (χ4n) is 2.39. The molecule has 2 amide bonds. The topological polar surface area (TPSA) is 69.6 Å². The molecular formula is C13H17BrN2O3S. The van der Waals surface area contributed by atoms with Crippen molar-refractivity contribution in [2.75, 3.05) is 6.54 Å². The Hall–Kier alpha value is -1.08. The van der Waals surface area contributed by atoms with Crippen molar-refractivity contribution in [3.63, 3.8) is 0 Å². The number of carboxylic acids is 1. The van der Waals surface area contributed by atoms with Crippen molar-refractivity contribution in [3.8, 4) is 0 Å². The molecule has 20 heavy (non-hydrogen) atoms. The lowest BCUT2D eigenvalue weighted by molar-refractivity contribution is -0.138. The number of carbonyl (C=O) groups excluding carboxylic acids is 1. The molecule has 0 bridgehead atoms. The second-order valence-corrected chi connectivity index (χ2v) is 7.35. The van der Waals surface area contributed by atoms with Gasteiger partial charge in [0.1, 0.15) is 0 Å². The van der Waals surface area contributed by atoms with E-state index in [0.29, 0.717) is 13.1 Å². The Bertz CT molecular complexity index is 492. The van der Waals surface area contributed by atoms with E-state index in [9.17, 15) is 9.59 Å². The van der Waals surface area contributed by atoms with Crippen molar-refractivity contribution in [1.82, 2.24) is 10.2 Å². The van der Waals surface area contributed by atoms with Crippen LogP contribution in [-0.2, 0) is 11.3 Å². The van der Waals surface area contributed by atoms with Crippen LogP contribution in [0.2, 0.25) is 0 Å². The molecule has 1 fully saturated rings. The molecule has 2 N–H and O–H groups in total. The third-order valence-corrected chi connectivity index (χ3v) is 4.96. The number of carboxylic acid groups (broad SMARTS) is 1. The summed E-state index contributed by atoms with van der Waals surface area (Å²) in [6, 6.07) is 3.55. The fourth-order valence-corrected chi connectivity index (χ4v) is 3.82. The highest BCUT2D eigenvalue weighted by Crippen LogP contribution is 2.23. The first kappa shape index (κ1) is 15.3. The van der Waals surface area contributed by atoms with Gasteiger partial charge < -0.3 is 15.3 Å². The highest BCUT2D eigenvalue weighted by molar-refractivity contribution is 9.11. The molecule has 2 heterocycles. The van der Waals surface area contributed by atoms with Crippen LogP contribution < -0.4 is 5.32 Å². The summed E-state index contributed by atoms with van der Waals surface area (Å²) in [6.45, 7) is 1.11. The molecular weight excluding hydrogens is 344 g/mol. The number of hydrogen-bond donors (Lipinski definition) is 2. The minimum atomic E-state index is -0.850. The molecule has 0 aliphatic carbocycles. The van der Waals surface area contributed by atoms with Crippen LogP contribution in [0.3, 0.4) is 0 Å². The van der Waals surface area contributed by atoms with E-state index in [1.54, 1.807) is 16.2 Å². The molecule has 0 radical (unpaired) electrons. The zero-order chi connectivity index (χ0) is 14.5. The van der Waals surface area contributed by atoms with Crippen molar-refractivity contribution in [3.05, 3.63) is 20.8 Å². The van der Waals surface area contributed by atoms with Crippen LogP contribution in [0.25, 0.3) is 0 Å². The number of nitrogens with zero attached hydrogens (tertiary/aromatic N) is 1. The number of likely N-dealkylation sites (tertiary alicyclic amines) is 1. The first-order valence-electron chi connectivity index (χ1n) is 6.56. The average molecular weight is 361 g/mol. The van der Waals surface area contributed by atoms with Gasteiger partial charge >= 0.3 is 12.0 Å². The number of aliphatic carboxylic acids is 1. The number of urea groups is 1. The monoisotopic (exact) mass is 360 g/mol. The first-order valence-corrected chi connectivity index (χ1v) is 8.17. The smallest absolute Gasteiger partial charge is 0.317 e. The predicted octanol–water partition coefficient (Wildman–Crippen LogP) is 3.05. The second kappa shape index (κ2) is 7.08. The van der Waals surface area contributed by atoms with Crippen LogP contribution in [0.15, 0.2) is 15.9 Å². The van der Waals surface area contributed by atoms with Gasteiger partial charge in [0.2, 0.25) is 0 Å². The number of halogens is 1. The first-order chi connectivity index (χ1) is 9.56. The Morgan fingerprint density at radius 1 is 1.45 bits per heavy atom. The maximum absolute atomic E-state index is 12.2. The summed E-state index contributed by atoms with van der Waals surface area (Å²) < 4.78 is 1.03. The zero-order valence-corrected chi connectivity index (χ0v) is 13.4. The number of rotatable bonds is 4. The second-order valence-electron chi connectivity index (χ2n) is 4.81. The van der Waals surface area contributed by atoms with Crippen LogP contribution in [-0.4, -0.2) is 34.6 Å². The Balaban J connectivity index is 1.90. The van der Waals surface area contributed by atoms with Gasteiger partial charge in [-0.05, 0) is 47.3 Å². The fraction of sp³-hybridized carbons (Fsp3) is 0.538. The Kier molecular flexibility index (Phi) is 5.42. The molecule has 1 aliphatic heterocycles. The highest BCUT2D eigenvalue weighted by atomic mass is 79.9. The summed E-state index contributed by atoms with van der Waals surface area (Å²) in [4.78, 5) is 25.8. The largest absolute Gasteiger partial charge is 0.481 e. The minimum absolute atomic E-state index is 0.0258. The Morgan fingerprint density at radius 3 is 2.90 bits per heavy atom. The molecule has 0 aromatic carbocycles. The predicted molar refractivity (Wildman–Crippen MR) is 80.9 cm³/mol. The number of hydrogen-bond acceptors (Lipinski definition) is 3. The summed E-state index contributed by atoms with van der Waals surface area (Å²) in [6.07, 6.45) is 2.72. The quantitative estimate of drug-likeness (QED) is 0.866. The molecule has 1 aromatic heterocycles. The molecule has 1 atom stereocenters. The molecule has 1 aromatic rings. The molecule has 1 saturated heterocycles. The zero-order valence-electron chi connectivity index (χ0n) is 11.0. The highest BCUT2D eigenvalue weighted by Gasteiger charge is 2.28. The van der Waals surface area contributed by atoms with Gasteiger partial charge in [-0.15, -0.1) is 11.3 Å². The van der Waals surface area contributed by atoms with E-state index < -0.39 is 5.97 Å². The van der Waals surface area contributed by atoms with E-state index in [1.165, 1.54) is 0 Å². The normalized spacial score (nSPS) is 18.9. The molecule has 5 nitrogen and oxygen atoms in total. The third kappa shape index (κ3) is 4.21. The molecule has 0 saturated carbocycles. The average Bonchev–Trinajstić information content (AvgIpc) is 2.82. The van der Waals surface area contributed by atoms with Gasteiger partial charge in [0.05, 0.1) is 16.8 Å². The molecule has 1 aliphatic rings. The van der Waals surface area contributed by atoms with Crippen LogP contribution in [0.4, 0.5) is 4.79 Å². The summed E-state index contributed by atoms with van der Waals surface area (Å²) >= 11 is 4.96. The van der Waals surface area contributed by atoms with Gasteiger partial charge in [-0.25, -0.2) is 4.79 Å². The van der Waals surface area contributed by atoms with Gasteiger partial charge in [-0.1, -0.05) is 0 Å². The SMILES string of the molecule is O=C(O)CC1CCCCN1C(=O)NCc1ccc(Br)s1. The number of carbonyl (C=O) groups is 2. The van der Waals surface area contributed by atoms with Gasteiger partial charge in [0, 0.05) is 17.5 Å². The Morgan fingerprint density at radius 2 is 2.25 bits per heavy atom. The van der Waals surface area contributed by atoms with Crippen LogP contribution in [0, 0.1) is 0 Å². The number of piperidine rings is 1. The maximum Gasteiger partial charge on any atom is 0.317 e. The van der Waals surface area contributed by atoms with Crippen molar-refractivity contribution in [1.29, 1.82) is 0 Å². The van der Waals surface area contributed by atoms with Crippen molar-refractivity contribution < 1.29 is 14.7 Å². The number of thiophene rings is 1. The van der Waals surface area contributed by atoms with E-state index in [0.717, 1.165) is 27.9 Å². The standard InChI is InChI=1S/C13H17BrN2O3S/c14-11-5-4-10(20-11)8-15-13(19)16-6-2-1-3-9(16)7-12(17)18/h4-5,9H,1-3,6-8H2,(H,15,19)(H,17,18). The van der Waals surface area contributed by atoms with Crippen LogP contribution >= 0.6 is 27.3 Å². The van der Waals surface area contributed by atoms with E-state index >= 15 is 0 Å². The van der Waals surface area contributed by atoms with Gasteiger partial charge in [-0.2, -0.15) is 0 Å². The number of amides is 2. The van der Waals surface area contributed by atoms with Crippen molar-refractivity contribution in [2.24, 2.45) is 0 Å². The van der Waals surface area contributed by atoms with Crippen molar-refractivity contribution in [2.45, 2.75) is 38.3 Å². The van der Waals surface area contributed by atoms with E-state index in [-0.39, 0.29) is 18.5 Å². The third-order valence-electron chi connectivity index (χ3n) is 3.34. The van der Waals surface area contributed by atoms with E-state index in [2.05, 4.69) is 21.2 Å². The lowest BCUT2D eigenvalue weighted by Crippen LogP contribution is -2.49. The van der Waals surface area contributed by atoms with Crippen LogP contribution in [0.5, 0.6) is 0 Å². The summed E-state index contributed by atoms with van der Waals surface area (Å²) in [5.41, 5.74) is 0. The van der Waals surface area contributed by atoms with Gasteiger partial charge in [-0.3, -0.25) is 4.79 Å². The van der Waals surface area contributed by atoms with Gasteiger partial charge in [0.25, 0.3) is 0 Å². The molecule has 110 valence electrons. The molecule has 7 heteroatoms. The summed E-state index contributed by atoms with van der Waals surface area (Å²) in [5, 5.41) is 11.8. The number of nitrogens with one attached hydrogen (secondary N) is 1. The van der Waals surface area contributed by atoms with Crippen LogP contribution in [0.1, 0.15) is 30.6 Å². The summed E-state index contributed by atoms with van der Waals surface area (Å²) in [5.74, 6) is -0.850. The lowest BCUT2D eigenvalue weighted by Gasteiger charge is -2.34. The molecule has 1 unspecified atom stereocenters. The maximum atomic E-state index is 12.2. The van der Waals surface area contributed by atoms with Crippen molar-refractivity contribution >= 4 is 39.3 Å². The van der Waals surface area contributed by atoms with E-state index in [4.69, 9.17) is 5.11 Å². The minimum Gasteiger partial charge on any atom is -0.481 e. The lowest BCUT2D eigenvalue weighted by atomic mass is 10.00. The van der Waals surface area contributed by atoms with E-state index in [1.807, 2.05) is 12.1 Å². The Labute approximate surface area is 130 Å².